The minimum Gasteiger partial charge on any atom is -0.481 e. The Hall–Kier alpha value is -1.64. The fraction of sp³-hybridized carbons (Fsp3) is 0.556. The SMILES string of the molecule is Cl.N.N.NC(CS)C(=O)O.O=C(O)CC(O)(CC(=O)O)C(=O)O. The third-order valence-corrected chi connectivity index (χ3v) is 2.19. The van der Waals surface area contributed by atoms with Gasteiger partial charge in [0.25, 0.3) is 0 Å². The Kier molecular flexibility index (Phi) is 22.0. The predicted octanol–water partition coefficient (Wildman–Crippen LogP) is -1.17. The smallest absolute Gasteiger partial charge is 0.336 e. The lowest BCUT2D eigenvalue weighted by Gasteiger charge is -2.18. The van der Waals surface area contributed by atoms with Crippen LogP contribution in [0.25, 0.3) is 0 Å². The van der Waals surface area contributed by atoms with Gasteiger partial charge in [0.2, 0.25) is 0 Å². The molecule has 0 saturated heterocycles. The molecule has 0 bridgehead atoms. The van der Waals surface area contributed by atoms with Gasteiger partial charge in [0.15, 0.2) is 5.60 Å². The van der Waals surface area contributed by atoms with Crippen LogP contribution in [0, 0.1) is 0 Å². The molecule has 0 heterocycles. The van der Waals surface area contributed by atoms with Gasteiger partial charge in [-0.25, -0.2) is 4.79 Å². The van der Waals surface area contributed by atoms with E-state index in [1.54, 1.807) is 0 Å². The average molecular weight is 384 g/mol. The summed E-state index contributed by atoms with van der Waals surface area (Å²) in [5.74, 6) is -5.83. The van der Waals surface area contributed by atoms with E-state index in [1.807, 2.05) is 0 Å². The first kappa shape index (κ1) is 33.1. The van der Waals surface area contributed by atoms with Gasteiger partial charge in [-0.1, -0.05) is 0 Å². The highest BCUT2D eigenvalue weighted by atomic mass is 35.5. The quantitative estimate of drug-likeness (QED) is 0.235. The molecule has 0 aliphatic carbocycles. The van der Waals surface area contributed by atoms with Gasteiger partial charge >= 0.3 is 23.9 Å². The van der Waals surface area contributed by atoms with Gasteiger partial charge in [0.1, 0.15) is 6.04 Å². The Bertz CT molecular complexity index is 380. The van der Waals surface area contributed by atoms with Crippen molar-refractivity contribution in [2.75, 3.05) is 5.75 Å². The number of rotatable bonds is 7. The summed E-state index contributed by atoms with van der Waals surface area (Å²) in [6.07, 6.45) is -2.29. The highest BCUT2D eigenvalue weighted by molar-refractivity contribution is 7.80. The summed E-state index contributed by atoms with van der Waals surface area (Å²) >= 11 is 3.65. The molecule has 0 aliphatic rings. The first-order valence-electron chi connectivity index (χ1n) is 4.95. The summed E-state index contributed by atoms with van der Waals surface area (Å²) in [6.45, 7) is 0. The van der Waals surface area contributed by atoms with Crippen molar-refractivity contribution in [3.63, 3.8) is 0 Å². The molecule has 12 nitrogen and oxygen atoms in total. The van der Waals surface area contributed by atoms with E-state index in [0.29, 0.717) is 0 Å². The van der Waals surface area contributed by atoms with Crippen LogP contribution in [0.15, 0.2) is 0 Å². The van der Waals surface area contributed by atoms with Crippen molar-refractivity contribution in [3.05, 3.63) is 0 Å². The third kappa shape index (κ3) is 16.6. The number of hydrogen-bond acceptors (Lipinski definition) is 9. The molecular formula is C9H22ClN3O9S. The van der Waals surface area contributed by atoms with E-state index < -0.39 is 48.4 Å². The molecule has 13 N–H and O–H groups in total. The molecular weight excluding hydrogens is 362 g/mol. The summed E-state index contributed by atoms with van der Waals surface area (Å²) in [6, 6.07) is -0.816. The molecule has 0 aromatic heterocycles. The van der Waals surface area contributed by atoms with E-state index >= 15 is 0 Å². The summed E-state index contributed by atoms with van der Waals surface area (Å²) < 4.78 is 0. The first-order chi connectivity index (χ1) is 8.96. The number of carboxylic acids is 4. The highest BCUT2D eigenvalue weighted by Crippen LogP contribution is 2.15. The summed E-state index contributed by atoms with van der Waals surface area (Å²) in [4.78, 5) is 40.2. The standard InChI is InChI=1S/C6H8O7.C3H7NO2S.ClH.2H3N/c7-3(8)1-6(13,5(11)12)2-4(9)10;4-2(1-7)3(5)6;;;/h13H,1-2H2,(H,7,8)(H,9,10)(H,11,12);2,7H,1,4H2,(H,5,6);1H;2*1H3. The van der Waals surface area contributed by atoms with E-state index in [0.717, 1.165) is 0 Å². The van der Waals surface area contributed by atoms with Gasteiger partial charge in [-0.15, -0.1) is 12.4 Å². The Morgan fingerprint density at radius 3 is 1.35 bits per heavy atom. The van der Waals surface area contributed by atoms with Crippen LogP contribution in [0.2, 0.25) is 0 Å². The Morgan fingerprint density at radius 1 is 0.957 bits per heavy atom. The van der Waals surface area contributed by atoms with Crippen LogP contribution >= 0.6 is 25.0 Å². The molecule has 0 aliphatic heterocycles. The number of carbonyl (C=O) groups is 4. The zero-order valence-electron chi connectivity index (χ0n) is 11.9. The maximum absolute atomic E-state index is 10.3. The van der Waals surface area contributed by atoms with Gasteiger partial charge in [0.05, 0.1) is 12.8 Å². The van der Waals surface area contributed by atoms with Crippen molar-refractivity contribution < 1.29 is 44.7 Å². The predicted molar refractivity (Wildman–Crippen MR) is 83.8 cm³/mol. The molecule has 0 fully saturated rings. The molecule has 140 valence electrons. The normalized spacial score (nSPS) is 10.2. The second-order valence-corrected chi connectivity index (χ2v) is 3.97. The van der Waals surface area contributed by atoms with Crippen molar-refractivity contribution in [1.29, 1.82) is 0 Å². The monoisotopic (exact) mass is 383 g/mol. The number of halogens is 1. The van der Waals surface area contributed by atoms with Crippen molar-refractivity contribution in [3.8, 4) is 0 Å². The number of aliphatic carboxylic acids is 4. The van der Waals surface area contributed by atoms with Gasteiger partial charge in [-0.05, 0) is 0 Å². The van der Waals surface area contributed by atoms with Crippen molar-refractivity contribution in [2.45, 2.75) is 24.5 Å². The van der Waals surface area contributed by atoms with Crippen LogP contribution in [0.5, 0.6) is 0 Å². The molecule has 14 heteroatoms. The minimum atomic E-state index is -2.74. The second kappa shape index (κ2) is 15.3. The molecule has 0 aromatic carbocycles. The van der Waals surface area contributed by atoms with Gasteiger partial charge in [-0.3, -0.25) is 14.4 Å². The zero-order chi connectivity index (χ0) is 16.5. The molecule has 23 heavy (non-hydrogen) atoms. The maximum Gasteiger partial charge on any atom is 0.336 e. The maximum atomic E-state index is 10.3. The summed E-state index contributed by atoms with van der Waals surface area (Å²) in [7, 11) is 0. The molecule has 1 atom stereocenters. The van der Waals surface area contributed by atoms with E-state index in [4.69, 9.17) is 31.3 Å². The fourth-order valence-corrected chi connectivity index (χ4v) is 0.948. The van der Waals surface area contributed by atoms with Gasteiger partial charge in [-0.2, -0.15) is 12.6 Å². The topological polar surface area (TPSA) is 265 Å². The lowest BCUT2D eigenvalue weighted by molar-refractivity contribution is -0.170. The van der Waals surface area contributed by atoms with Gasteiger partial charge in [0, 0.05) is 5.75 Å². The van der Waals surface area contributed by atoms with Crippen LogP contribution in [-0.4, -0.2) is 66.8 Å². The molecule has 1 unspecified atom stereocenters. The fourth-order valence-electron chi connectivity index (χ4n) is 0.792. The van der Waals surface area contributed by atoms with Gasteiger partial charge < -0.3 is 43.6 Å². The third-order valence-electron chi connectivity index (χ3n) is 1.80. The first-order valence-corrected chi connectivity index (χ1v) is 5.58. The lowest BCUT2D eigenvalue weighted by Crippen LogP contribution is -2.42. The van der Waals surface area contributed by atoms with Crippen molar-refractivity contribution in [2.24, 2.45) is 5.73 Å². The number of nitrogens with two attached hydrogens (primary N) is 1. The van der Waals surface area contributed by atoms with Crippen molar-refractivity contribution >= 4 is 48.9 Å². The van der Waals surface area contributed by atoms with E-state index in [1.165, 1.54) is 0 Å². The number of carboxylic acid groups (broad SMARTS) is 4. The number of aliphatic hydroxyl groups is 1. The van der Waals surface area contributed by atoms with E-state index in [9.17, 15) is 19.2 Å². The Morgan fingerprint density at radius 2 is 1.26 bits per heavy atom. The van der Waals surface area contributed by atoms with Crippen LogP contribution in [0.3, 0.4) is 0 Å². The molecule has 0 spiro atoms. The van der Waals surface area contributed by atoms with Crippen LogP contribution in [0.1, 0.15) is 12.8 Å². The van der Waals surface area contributed by atoms with Crippen LogP contribution in [-0.2, 0) is 19.2 Å². The molecule has 0 amide bonds. The molecule has 0 saturated carbocycles. The zero-order valence-corrected chi connectivity index (χ0v) is 13.6. The Labute approximate surface area is 142 Å². The van der Waals surface area contributed by atoms with E-state index in [-0.39, 0.29) is 30.5 Å². The second-order valence-electron chi connectivity index (χ2n) is 3.61. The lowest BCUT2D eigenvalue weighted by atomic mass is 9.96. The van der Waals surface area contributed by atoms with Crippen LogP contribution in [0.4, 0.5) is 0 Å². The largest absolute Gasteiger partial charge is 0.481 e. The highest BCUT2D eigenvalue weighted by Gasteiger charge is 2.40. The minimum absolute atomic E-state index is 0. The molecule has 0 aromatic rings. The van der Waals surface area contributed by atoms with Crippen molar-refractivity contribution in [1.82, 2.24) is 12.3 Å². The Balaban J connectivity index is -0.0000000945. The molecule has 0 rings (SSSR count). The average Bonchev–Trinajstić information content (AvgIpc) is 2.26. The number of thiol groups is 1. The van der Waals surface area contributed by atoms with E-state index in [2.05, 4.69) is 12.6 Å². The molecule has 0 radical (unpaired) electrons. The number of hydrogen-bond donors (Lipinski definition) is 9. The summed E-state index contributed by atoms with van der Waals surface area (Å²) in [5, 5.41) is 41.8. The van der Waals surface area contributed by atoms with Crippen LogP contribution < -0.4 is 18.0 Å². The summed E-state index contributed by atoms with van der Waals surface area (Å²) in [5.41, 5.74) is 2.20.